The number of alkyl halides is 2. The molecule has 1 aliphatic carbocycles. The SMILES string of the molecule is CCNC(C)c1ncc(C2CCC(F)(F)CC2)o1. The van der Waals surface area contributed by atoms with Crippen LogP contribution in [0.25, 0.3) is 0 Å². The van der Waals surface area contributed by atoms with Gasteiger partial charge in [-0.05, 0) is 26.3 Å². The van der Waals surface area contributed by atoms with Crippen LogP contribution in [0.3, 0.4) is 0 Å². The van der Waals surface area contributed by atoms with Crippen molar-refractivity contribution in [2.24, 2.45) is 0 Å². The summed E-state index contributed by atoms with van der Waals surface area (Å²) in [6, 6.07) is 0.0637. The lowest BCUT2D eigenvalue weighted by Crippen LogP contribution is -2.23. The number of halogens is 2. The highest BCUT2D eigenvalue weighted by Crippen LogP contribution is 2.41. The monoisotopic (exact) mass is 258 g/mol. The van der Waals surface area contributed by atoms with Gasteiger partial charge in [0.2, 0.25) is 11.8 Å². The van der Waals surface area contributed by atoms with Gasteiger partial charge in [0.05, 0.1) is 12.2 Å². The van der Waals surface area contributed by atoms with Crippen LogP contribution in [0, 0.1) is 0 Å². The van der Waals surface area contributed by atoms with Crippen molar-refractivity contribution < 1.29 is 13.2 Å². The summed E-state index contributed by atoms with van der Waals surface area (Å²) in [5, 5.41) is 3.21. The fourth-order valence-electron chi connectivity index (χ4n) is 2.41. The third kappa shape index (κ3) is 3.07. The highest BCUT2D eigenvalue weighted by atomic mass is 19.3. The largest absolute Gasteiger partial charge is 0.444 e. The van der Waals surface area contributed by atoms with Crippen molar-refractivity contribution in [2.45, 2.75) is 57.4 Å². The molecule has 0 saturated heterocycles. The molecule has 1 aromatic heterocycles. The van der Waals surface area contributed by atoms with Gasteiger partial charge in [0.25, 0.3) is 0 Å². The highest BCUT2D eigenvalue weighted by molar-refractivity contribution is 5.05. The second-order valence-electron chi connectivity index (χ2n) is 5.01. The molecule has 102 valence electrons. The Bertz CT molecular complexity index is 382. The van der Waals surface area contributed by atoms with Crippen molar-refractivity contribution in [3.63, 3.8) is 0 Å². The second-order valence-corrected chi connectivity index (χ2v) is 5.01. The predicted molar refractivity (Wildman–Crippen MR) is 64.8 cm³/mol. The Balaban J connectivity index is 1.98. The molecular weight excluding hydrogens is 238 g/mol. The molecule has 1 aliphatic rings. The number of oxazole rings is 1. The summed E-state index contributed by atoms with van der Waals surface area (Å²) in [6.45, 7) is 4.84. The van der Waals surface area contributed by atoms with Gasteiger partial charge in [0.1, 0.15) is 5.76 Å². The number of nitrogens with one attached hydrogen (secondary N) is 1. The van der Waals surface area contributed by atoms with Crippen LogP contribution in [0.2, 0.25) is 0 Å². The summed E-state index contributed by atoms with van der Waals surface area (Å²) in [7, 11) is 0. The number of hydrogen-bond acceptors (Lipinski definition) is 3. The standard InChI is InChI=1S/C13H20F2N2O/c1-3-16-9(2)12-17-8-11(18-12)10-4-6-13(14,15)7-5-10/h8-10,16H,3-7H2,1-2H3. The molecule has 5 heteroatoms. The van der Waals surface area contributed by atoms with Gasteiger partial charge in [0, 0.05) is 18.8 Å². The van der Waals surface area contributed by atoms with Gasteiger partial charge < -0.3 is 9.73 Å². The highest BCUT2D eigenvalue weighted by Gasteiger charge is 2.36. The molecule has 0 amide bonds. The molecule has 1 saturated carbocycles. The van der Waals surface area contributed by atoms with Crippen LogP contribution in [0.4, 0.5) is 8.78 Å². The van der Waals surface area contributed by atoms with Gasteiger partial charge in [-0.2, -0.15) is 0 Å². The van der Waals surface area contributed by atoms with Crippen molar-refractivity contribution in [3.05, 3.63) is 17.8 Å². The summed E-state index contributed by atoms with van der Waals surface area (Å²) in [5.41, 5.74) is 0. The zero-order chi connectivity index (χ0) is 13.2. The zero-order valence-corrected chi connectivity index (χ0v) is 10.9. The summed E-state index contributed by atoms with van der Waals surface area (Å²) < 4.78 is 31.8. The van der Waals surface area contributed by atoms with Gasteiger partial charge in [-0.1, -0.05) is 6.92 Å². The van der Waals surface area contributed by atoms with Crippen LogP contribution >= 0.6 is 0 Å². The van der Waals surface area contributed by atoms with E-state index in [2.05, 4.69) is 10.3 Å². The number of nitrogens with zero attached hydrogens (tertiary/aromatic N) is 1. The Morgan fingerprint density at radius 3 is 2.78 bits per heavy atom. The summed E-state index contributed by atoms with van der Waals surface area (Å²) in [5.74, 6) is -0.995. The van der Waals surface area contributed by atoms with E-state index in [0.29, 0.717) is 18.7 Å². The molecular formula is C13H20F2N2O. The Labute approximate surface area is 106 Å². The third-order valence-electron chi connectivity index (χ3n) is 3.54. The Kier molecular flexibility index (Phi) is 4.00. The first-order chi connectivity index (χ1) is 8.52. The molecule has 0 bridgehead atoms. The van der Waals surface area contributed by atoms with Crippen LogP contribution in [0.5, 0.6) is 0 Å². The lowest BCUT2D eigenvalue weighted by Gasteiger charge is -2.26. The van der Waals surface area contributed by atoms with Crippen molar-refractivity contribution in [2.75, 3.05) is 6.54 Å². The van der Waals surface area contributed by atoms with Gasteiger partial charge >= 0.3 is 0 Å². The second kappa shape index (κ2) is 5.34. The zero-order valence-electron chi connectivity index (χ0n) is 10.9. The van der Waals surface area contributed by atoms with E-state index in [4.69, 9.17) is 4.42 Å². The molecule has 1 fully saturated rings. The van der Waals surface area contributed by atoms with E-state index >= 15 is 0 Å². The van der Waals surface area contributed by atoms with E-state index in [-0.39, 0.29) is 24.8 Å². The van der Waals surface area contributed by atoms with Crippen LogP contribution in [0.1, 0.15) is 63.1 Å². The van der Waals surface area contributed by atoms with Crippen LogP contribution in [0.15, 0.2) is 10.6 Å². The lowest BCUT2D eigenvalue weighted by molar-refractivity contribution is -0.0396. The maximum atomic E-state index is 13.1. The molecule has 0 radical (unpaired) electrons. The lowest BCUT2D eigenvalue weighted by atomic mass is 9.85. The fraction of sp³-hybridized carbons (Fsp3) is 0.769. The van der Waals surface area contributed by atoms with E-state index in [0.717, 1.165) is 12.3 Å². The summed E-state index contributed by atoms with van der Waals surface area (Å²) >= 11 is 0. The van der Waals surface area contributed by atoms with Gasteiger partial charge in [-0.3, -0.25) is 0 Å². The number of aromatic nitrogens is 1. The van der Waals surface area contributed by atoms with Gasteiger partial charge in [-0.15, -0.1) is 0 Å². The minimum Gasteiger partial charge on any atom is -0.444 e. The van der Waals surface area contributed by atoms with Crippen LogP contribution < -0.4 is 5.32 Å². The van der Waals surface area contributed by atoms with Crippen molar-refractivity contribution in [1.29, 1.82) is 0 Å². The number of rotatable bonds is 4. The van der Waals surface area contributed by atoms with Crippen LogP contribution in [-0.2, 0) is 0 Å². The third-order valence-corrected chi connectivity index (χ3v) is 3.54. The summed E-state index contributed by atoms with van der Waals surface area (Å²) in [4.78, 5) is 4.23. The van der Waals surface area contributed by atoms with E-state index in [9.17, 15) is 8.78 Å². The van der Waals surface area contributed by atoms with Crippen molar-refractivity contribution >= 4 is 0 Å². The first kappa shape index (κ1) is 13.5. The molecule has 0 aliphatic heterocycles. The van der Waals surface area contributed by atoms with E-state index < -0.39 is 5.92 Å². The molecule has 1 heterocycles. The molecule has 0 spiro atoms. The average molecular weight is 258 g/mol. The maximum Gasteiger partial charge on any atom is 0.248 e. The van der Waals surface area contributed by atoms with Crippen molar-refractivity contribution in [1.82, 2.24) is 10.3 Å². The fourth-order valence-corrected chi connectivity index (χ4v) is 2.41. The Morgan fingerprint density at radius 2 is 2.17 bits per heavy atom. The molecule has 1 aromatic rings. The molecule has 3 nitrogen and oxygen atoms in total. The van der Waals surface area contributed by atoms with E-state index in [1.54, 1.807) is 6.20 Å². The quantitative estimate of drug-likeness (QED) is 0.896. The topological polar surface area (TPSA) is 38.1 Å². The first-order valence-corrected chi connectivity index (χ1v) is 6.58. The summed E-state index contributed by atoms with van der Waals surface area (Å²) in [6.07, 6.45) is 2.57. The minimum absolute atomic E-state index is 0.0452. The molecule has 0 aromatic carbocycles. The predicted octanol–water partition coefficient (Wildman–Crippen LogP) is 3.64. The molecule has 18 heavy (non-hydrogen) atoms. The molecule has 1 unspecified atom stereocenters. The first-order valence-electron chi connectivity index (χ1n) is 6.58. The van der Waals surface area contributed by atoms with Gasteiger partial charge in [-0.25, -0.2) is 13.8 Å². The Morgan fingerprint density at radius 1 is 1.50 bits per heavy atom. The normalized spacial score (nSPS) is 22.0. The van der Waals surface area contributed by atoms with Crippen molar-refractivity contribution in [3.8, 4) is 0 Å². The average Bonchev–Trinajstić information content (AvgIpc) is 2.79. The maximum absolute atomic E-state index is 13.1. The smallest absolute Gasteiger partial charge is 0.248 e. The molecule has 2 rings (SSSR count). The Hall–Kier alpha value is -0.970. The molecule has 1 atom stereocenters. The van der Waals surface area contributed by atoms with E-state index in [1.165, 1.54) is 0 Å². The van der Waals surface area contributed by atoms with Crippen LogP contribution in [-0.4, -0.2) is 17.5 Å². The minimum atomic E-state index is -2.49. The van der Waals surface area contributed by atoms with E-state index in [1.807, 2.05) is 13.8 Å². The number of hydrogen-bond donors (Lipinski definition) is 1. The van der Waals surface area contributed by atoms with Gasteiger partial charge in [0.15, 0.2) is 0 Å². The molecule has 1 N–H and O–H groups in total.